The Kier molecular flexibility index (Phi) is 10.1. The molecule has 0 unspecified atom stereocenters. The maximum atomic E-state index is 13.1. The number of alkyl halides is 3. The third-order valence-electron chi connectivity index (χ3n) is 6.26. The van der Waals surface area contributed by atoms with Crippen LogP contribution in [0.2, 0.25) is 0 Å². The number of likely N-dealkylation sites (tertiary alicyclic amines) is 1. The van der Waals surface area contributed by atoms with Crippen LogP contribution in [0.4, 0.5) is 13.2 Å². The molecule has 0 radical (unpaired) electrons. The number of nitrogens with one attached hydrogen (secondary N) is 3. The maximum Gasteiger partial charge on any atom is 0.416 e. The van der Waals surface area contributed by atoms with Crippen LogP contribution in [0.5, 0.6) is 0 Å². The van der Waals surface area contributed by atoms with Gasteiger partial charge in [-0.05, 0) is 49.4 Å². The number of rotatable bonds is 12. The largest absolute Gasteiger partial charge is 0.416 e. The fraction of sp³-hybridized carbons (Fsp3) is 0.444. The zero-order valence-corrected chi connectivity index (χ0v) is 20.8. The Morgan fingerprint density at radius 3 is 2.49 bits per heavy atom. The van der Waals surface area contributed by atoms with Crippen LogP contribution < -0.4 is 16.0 Å². The van der Waals surface area contributed by atoms with Gasteiger partial charge in [-0.15, -0.1) is 0 Å². The lowest BCUT2D eigenvalue weighted by Crippen LogP contribution is -2.50. The number of hydrogen-bond acceptors (Lipinski definition) is 4. The first kappa shape index (κ1) is 28.2. The lowest BCUT2D eigenvalue weighted by molar-refractivity contribution is -0.139. The molecular formula is C27H33F3N4O3. The van der Waals surface area contributed by atoms with Gasteiger partial charge in [0, 0.05) is 26.6 Å². The molecule has 7 nitrogen and oxygen atoms in total. The molecule has 2 aromatic carbocycles. The van der Waals surface area contributed by atoms with E-state index < -0.39 is 23.8 Å². The van der Waals surface area contributed by atoms with Gasteiger partial charge in [0.05, 0.1) is 5.56 Å². The number of aryl methyl sites for hydroxylation is 1. The number of carbonyl (C=O) groups is 3. The molecule has 0 spiro atoms. The standard InChI is InChI=1S/C27H33F3N4O3/c1-19(35)33-23-13-16-34(26(23)37)24(12-11-20-7-3-2-4-8-20)25(36)32-15-6-14-31-18-21-9-5-10-22(17-21)27(28,29)30/h2-5,7-10,17,23-24,31H,6,11-16,18H2,1H3,(H,32,36)(H,33,35)/t23-,24+/m1/s1. The minimum atomic E-state index is -4.38. The monoisotopic (exact) mass is 518 g/mol. The molecule has 0 saturated carbocycles. The van der Waals surface area contributed by atoms with E-state index in [0.29, 0.717) is 50.9 Å². The summed E-state index contributed by atoms with van der Waals surface area (Å²) < 4.78 is 38.6. The van der Waals surface area contributed by atoms with E-state index in [1.807, 2.05) is 30.3 Å². The van der Waals surface area contributed by atoms with E-state index in [1.54, 1.807) is 11.0 Å². The van der Waals surface area contributed by atoms with Crippen LogP contribution in [0.25, 0.3) is 0 Å². The number of halogens is 3. The van der Waals surface area contributed by atoms with Gasteiger partial charge in [-0.2, -0.15) is 13.2 Å². The number of hydrogen-bond donors (Lipinski definition) is 3. The molecule has 2 aromatic rings. The van der Waals surface area contributed by atoms with Crippen molar-refractivity contribution in [3.05, 3.63) is 71.3 Å². The second kappa shape index (κ2) is 13.2. The molecule has 0 aromatic heterocycles. The van der Waals surface area contributed by atoms with Crippen LogP contribution in [-0.2, 0) is 33.5 Å². The first-order valence-electron chi connectivity index (χ1n) is 12.4. The van der Waals surface area contributed by atoms with E-state index >= 15 is 0 Å². The summed E-state index contributed by atoms with van der Waals surface area (Å²) in [5.74, 6) is -0.806. The summed E-state index contributed by atoms with van der Waals surface area (Å²) in [6, 6.07) is 13.6. The Morgan fingerprint density at radius 2 is 1.78 bits per heavy atom. The molecule has 1 aliphatic heterocycles. The Hall–Kier alpha value is -3.40. The van der Waals surface area contributed by atoms with Gasteiger partial charge in [-0.3, -0.25) is 14.4 Å². The number of amides is 3. The number of carbonyl (C=O) groups excluding carboxylic acids is 3. The quantitative estimate of drug-likeness (QED) is 0.377. The van der Waals surface area contributed by atoms with E-state index in [0.717, 1.165) is 17.7 Å². The second-order valence-corrected chi connectivity index (χ2v) is 9.13. The van der Waals surface area contributed by atoms with E-state index in [9.17, 15) is 27.6 Å². The average Bonchev–Trinajstić information content (AvgIpc) is 3.21. The maximum absolute atomic E-state index is 13.1. The van der Waals surface area contributed by atoms with E-state index in [4.69, 9.17) is 0 Å². The van der Waals surface area contributed by atoms with Crippen molar-refractivity contribution in [2.24, 2.45) is 0 Å². The average molecular weight is 519 g/mol. The van der Waals surface area contributed by atoms with Gasteiger partial charge in [0.1, 0.15) is 12.1 Å². The summed E-state index contributed by atoms with van der Waals surface area (Å²) >= 11 is 0. The van der Waals surface area contributed by atoms with Crippen molar-refractivity contribution in [1.82, 2.24) is 20.9 Å². The summed E-state index contributed by atoms with van der Waals surface area (Å²) in [4.78, 5) is 39.0. The molecule has 1 heterocycles. The smallest absolute Gasteiger partial charge is 0.354 e. The van der Waals surface area contributed by atoms with Gasteiger partial charge in [0.2, 0.25) is 17.7 Å². The molecule has 3 N–H and O–H groups in total. The predicted molar refractivity (Wildman–Crippen MR) is 133 cm³/mol. The van der Waals surface area contributed by atoms with Gasteiger partial charge in [-0.1, -0.05) is 48.5 Å². The molecule has 200 valence electrons. The van der Waals surface area contributed by atoms with Gasteiger partial charge in [0.25, 0.3) is 0 Å². The Morgan fingerprint density at radius 1 is 1.05 bits per heavy atom. The van der Waals surface area contributed by atoms with Crippen molar-refractivity contribution >= 4 is 17.7 Å². The molecule has 10 heteroatoms. The van der Waals surface area contributed by atoms with Gasteiger partial charge >= 0.3 is 6.18 Å². The SMILES string of the molecule is CC(=O)N[C@@H]1CCN([C@@H](CCc2ccccc2)C(=O)NCCCNCc2cccc(C(F)(F)F)c2)C1=O. The minimum Gasteiger partial charge on any atom is -0.354 e. The summed E-state index contributed by atoms with van der Waals surface area (Å²) in [5.41, 5.74) is 0.906. The van der Waals surface area contributed by atoms with Crippen LogP contribution in [0, 0.1) is 0 Å². The summed E-state index contributed by atoms with van der Waals surface area (Å²) in [6.07, 6.45) is -2.30. The highest BCUT2D eigenvalue weighted by atomic mass is 19.4. The molecule has 2 atom stereocenters. The zero-order chi connectivity index (χ0) is 26.8. The van der Waals surface area contributed by atoms with Crippen molar-refractivity contribution in [2.45, 2.75) is 57.4 Å². The van der Waals surface area contributed by atoms with Gasteiger partial charge in [-0.25, -0.2) is 0 Å². The second-order valence-electron chi connectivity index (χ2n) is 9.13. The first-order valence-corrected chi connectivity index (χ1v) is 12.4. The highest BCUT2D eigenvalue weighted by Crippen LogP contribution is 2.29. The topological polar surface area (TPSA) is 90.5 Å². The Balaban J connectivity index is 1.50. The lowest BCUT2D eigenvalue weighted by atomic mass is 10.0. The number of benzene rings is 2. The van der Waals surface area contributed by atoms with Crippen molar-refractivity contribution < 1.29 is 27.6 Å². The van der Waals surface area contributed by atoms with E-state index in [2.05, 4.69) is 16.0 Å². The third kappa shape index (κ3) is 8.59. The fourth-order valence-corrected chi connectivity index (χ4v) is 4.40. The molecule has 1 fully saturated rings. The zero-order valence-electron chi connectivity index (χ0n) is 20.8. The fourth-order valence-electron chi connectivity index (χ4n) is 4.40. The summed E-state index contributed by atoms with van der Waals surface area (Å²) in [6.45, 7) is 2.88. The van der Waals surface area contributed by atoms with Crippen molar-refractivity contribution in [2.75, 3.05) is 19.6 Å². The Labute approximate surface area is 214 Å². The van der Waals surface area contributed by atoms with Gasteiger partial charge < -0.3 is 20.9 Å². The summed E-state index contributed by atoms with van der Waals surface area (Å²) in [7, 11) is 0. The number of nitrogens with zero attached hydrogens (tertiary/aromatic N) is 1. The molecule has 37 heavy (non-hydrogen) atoms. The van der Waals surface area contributed by atoms with Crippen LogP contribution in [0.1, 0.15) is 42.9 Å². The molecule has 3 amide bonds. The highest BCUT2D eigenvalue weighted by molar-refractivity contribution is 5.93. The molecule has 0 bridgehead atoms. The lowest BCUT2D eigenvalue weighted by Gasteiger charge is -2.27. The normalized spacial score (nSPS) is 16.5. The predicted octanol–water partition coefficient (Wildman–Crippen LogP) is 3.04. The van der Waals surface area contributed by atoms with Crippen LogP contribution in [-0.4, -0.2) is 54.3 Å². The highest BCUT2D eigenvalue weighted by Gasteiger charge is 2.39. The molecule has 3 rings (SSSR count). The van der Waals surface area contributed by atoms with Crippen LogP contribution in [0.15, 0.2) is 54.6 Å². The summed E-state index contributed by atoms with van der Waals surface area (Å²) in [5, 5.41) is 8.63. The molecular weight excluding hydrogens is 485 g/mol. The van der Waals surface area contributed by atoms with E-state index in [-0.39, 0.29) is 24.3 Å². The molecule has 0 aliphatic carbocycles. The van der Waals surface area contributed by atoms with Crippen LogP contribution >= 0.6 is 0 Å². The Bertz CT molecular complexity index is 1060. The van der Waals surface area contributed by atoms with Gasteiger partial charge in [0.15, 0.2) is 0 Å². The van der Waals surface area contributed by atoms with Crippen molar-refractivity contribution in [3.63, 3.8) is 0 Å². The molecule has 1 saturated heterocycles. The molecule has 1 aliphatic rings. The van der Waals surface area contributed by atoms with E-state index in [1.165, 1.54) is 13.0 Å². The minimum absolute atomic E-state index is 0.258. The first-order chi connectivity index (χ1) is 17.6. The third-order valence-corrected chi connectivity index (χ3v) is 6.26. The van der Waals surface area contributed by atoms with Crippen LogP contribution in [0.3, 0.4) is 0 Å². The van der Waals surface area contributed by atoms with Crippen molar-refractivity contribution in [1.29, 1.82) is 0 Å². The van der Waals surface area contributed by atoms with Crippen molar-refractivity contribution in [3.8, 4) is 0 Å².